The Balaban J connectivity index is 1.28. The molecule has 0 bridgehead atoms. The summed E-state index contributed by atoms with van der Waals surface area (Å²) in [6, 6.07) is 29.3. The van der Waals surface area contributed by atoms with Gasteiger partial charge in [-0.2, -0.15) is 4.57 Å². The number of rotatable bonds is 5. The predicted octanol–water partition coefficient (Wildman–Crippen LogP) is 9.32. The Bertz CT molecular complexity index is 2220. The number of furan rings is 1. The van der Waals surface area contributed by atoms with Gasteiger partial charge in [-0.15, -0.1) is 11.3 Å². The van der Waals surface area contributed by atoms with E-state index in [-0.39, 0.29) is 6.04 Å². The summed E-state index contributed by atoms with van der Waals surface area (Å²) in [7, 11) is 2.14. The summed E-state index contributed by atoms with van der Waals surface area (Å²) < 4.78 is 12.7. The maximum absolute atomic E-state index is 6.76. The van der Waals surface area contributed by atoms with Crippen LogP contribution in [0, 0.1) is 13.8 Å². The molecule has 210 valence electrons. The van der Waals surface area contributed by atoms with Crippen molar-refractivity contribution < 1.29 is 13.6 Å². The summed E-state index contributed by atoms with van der Waals surface area (Å²) in [5.41, 5.74) is 12.1. The molecule has 0 fully saturated rings. The summed E-state index contributed by atoms with van der Waals surface area (Å²) >= 11 is 1.78. The second kappa shape index (κ2) is 10.0. The molecule has 7 aromatic rings. The Morgan fingerprint density at radius 2 is 1.70 bits per heavy atom. The molecule has 1 aliphatic rings. The zero-order valence-electron chi connectivity index (χ0n) is 24.8. The molecular weight excluding hydrogens is 545 g/mol. The van der Waals surface area contributed by atoms with Gasteiger partial charge in [-0.1, -0.05) is 36.9 Å². The average molecular weight is 579 g/mol. The number of hydrogen-bond acceptors (Lipinski definition) is 2. The van der Waals surface area contributed by atoms with Crippen LogP contribution < -0.4 is 9.13 Å². The van der Waals surface area contributed by atoms with Gasteiger partial charge >= 0.3 is 0 Å². The number of allylic oxidation sites excluding steroid dienone is 1. The molecule has 43 heavy (non-hydrogen) atoms. The summed E-state index contributed by atoms with van der Waals surface area (Å²) in [6.45, 7) is 8.64. The highest BCUT2D eigenvalue weighted by molar-refractivity contribution is 7.17. The van der Waals surface area contributed by atoms with E-state index >= 15 is 0 Å². The Morgan fingerprint density at radius 1 is 0.884 bits per heavy atom. The van der Waals surface area contributed by atoms with Crippen molar-refractivity contribution >= 4 is 43.4 Å². The van der Waals surface area contributed by atoms with Crippen molar-refractivity contribution in [3.8, 4) is 22.5 Å². The highest BCUT2D eigenvalue weighted by Gasteiger charge is 2.38. The Hall–Kier alpha value is -4.54. The van der Waals surface area contributed by atoms with E-state index in [9.17, 15) is 0 Å². The van der Waals surface area contributed by atoms with Crippen LogP contribution in [0.1, 0.15) is 40.6 Å². The number of pyridine rings is 2. The summed E-state index contributed by atoms with van der Waals surface area (Å²) in [5.74, 6) is 0.311. The fraction of sp³-hybridized carbons (Fsp3) is 0.179. The van der Waals surface area contributed by atoms with Crippen LogP contribution in [0.5, 0.6) is 0 Å². The van der Waals surface area contributed by atoms with Crippen LogP contribution in [0.25, 0.3) is 54.5 Å². The lowest BCUT2D eigenvalue weighted by Crippen LogP contribution is -2.46. The lowest BCUT2D eigenvalue weighted by atomic mass is 9.79. The summed E-state index contributed by atoms with van der Waals surface area (Å²) in [4.78, 5) is 0. The molecule has 0 saturated heterocycles. The van der Waals surface area contributed by atoms with Crippen LogP contribution in [0.2, 0.25) is 0 Å². The minimum atomic E-state index is 0.187. The zero-order valence-corrected chi connectivity index (χ0v) is 25.6. The van der Waals surface area contributed by atoms with E-state index in [1.54, 1.807) is 11.3 Å². The standard InChI is InChI=1S/C39H34N2OS/c1-5-33-30(28-8-6-7-9-29(28)34-16-10-25(3)23-41(33)34)14-12-26-13-15-31-32-21-37-27(18-19-43-37)20-36(32)42-39(31)38(26)35-17-11-24(2)22-40(35)4/h5-11,13,15-23,30,33H,1,12,14H2,2-4H3/q+2. The van der Waals surface area contributed by atoms with Crippen molar-refractivity contribution in [1.82, 2.24) is 0 Å². The topological polar surface area (TPSA) is 20.9 Å². The fourth-order valence-electron chi connectivity index (χ4n) is 7.28. The van der Waals surface area contributed by atoms with Crippen molar-refractivity contribution in [3.63, 3.8) is 0 Å². The molecule has 0 aliphatic carbocycles. The quantitative estimate of drug-likeness (QED) is 0.147. The third kappa shape index (κ3) is 4.16. The maximum Gasteiger partial charge on any atom is 0.216 e. The van der Waals surface area contributed by atoms with Crippen molar-refractivity contribution in [2.24, 2.45) is 7.05 Å². The van der Waals surface area contributed by atoms with E-state index in [2.05, 4.69) is 139 Å². The van der Waals surface area contributed by atoms with E-state index in [1.165, 1.54) is 65.6 Å². The second-order valence-corrected chi connectivity index (χ2v) is 13.0. The van der Waals surface area contributed by atoms with Gasteiger partial charge in [0, 0.05) is 44.3 Å². The highest BCUT2D eigenvalue weighted by atomic mass is 32.1. The van der Waals surface area contributed by atoms with Crippen LogP contribution in [0.3, 0.4) is 0 Å². The smallest absolute Gasteiger partial charge is 0.216 e. The lowest BCUT2D eigenvalue weighted by molar-refractivity contribution is -0.707. The maximum atomic E-state index is 6.76. The third-order valence-electron chi connectivity index (χ3n) is 9.30. The number of hydrogen-bond donors (Lipinski definition) is 0. The van der Waals surface area contributed by atoms with Gasteiger partial charge < -0.3 is 4.42 Å². The Labute approximate surface area is 256 Å². The number of nitrogens with zero attached hydrogens (tertiary/aromatic N) is 2. The van der Waals surface area contributed by atoms with E-state index < -0.39 is 0 Å². The molecule has 0 N–H and O–H groups in total. The largest absolute Gasteiger partial charge is 0.455 e. The first-order valence-electron chi connectivity index (χ1n) is 15.1. The zero-order chi connectivity index (χ0) is 29.2. The molecular formula is C39H34N2OS+2. The van der Waals surface area contributed by atoms with Gasteiger partial charge in [0.2, 0.25) is 11.4 Å². The first-order valence-corrected chi connectivity index (χ1v) is 15.9. The van der Waals surface area contributed by atoms with Crippen LogP contribution in [0.4, 0.5) is 0 Å². The van der Waals surface area contributed by atoms with Gasteiger partial charge in [0.05, 0.1) is 11.5 Å². The van der Waals surface area contributed by atoms with Gasteiger partial charge in [0.15, 0.2) is 18.4 Å². The highest BCUT2D eigenvalue weighted by Crippen LogP contribution is 2.43. The molecule has 0 spiro atoms. The minimum Gasteiger partial charge on any atom is -0.455 e. The van der Waals surface area contributed by atoms with Gasteiger partial charge in [-0.25, -0.2) is 4.57 Å². The molecule has 2 unspecified atom stereocenters. The van der Waals surface area contributed by atoms with E-state index in [1.807, 2.05) is 0 Å². The van der Waals surface area contributed by atoms with E-state index in [0.717, 1.165) is 24.0 Å². The van der Waals surface area contributed by atoms with Gasteiger partial charge in [-0.05, 0) is 91.1 Å². The molecule has 1 aliphatic heterocycles. The van der Waals surface area contributed by atoms with Gasteiger partial charge in [0.1, 0.15) is 18.2 Å². The minimum absolute atomic E-state index is 0.187. The average Bonchev–Trinajstić information content (AvgIpc) is 3.62. The second-order valence-electron chi connectivity index (χ2n) is 12.0. The Morgan fingerprint density at radius 3 is 2.53 bits per heavy atom. The summed E-state index contributed by atoms with van der Waals surface area (Å²) in [6.07, 6.45) is 8.55. The SMILES string of the molecule is C=CC1C(CCc2ccc3c(oc4cc5ccsc5cc43)c2-c2ccc(C)c[n+]2C)c2ccccc2-c2ccc(C)c[n+]21. The molecule has 5 heterocycles. The monoisotopic (exact) mass is 578 g/mol. The predicted molar refractivity (Wildman–Crippen MR) is 178 cm³/mol. The molecule has 0 radical (unpaired) electrons. The summed E-state index contributed by atoms with van der Waals surface area (Å²) in [5, 5.41) is 5.75. The molecule has 2 atom stereocenters. The molecule has 4 aromatic heterocycles. The molecule has 0 saturated carbocycles. The normalized spacial score (nSPS) is 16.1. The molecule has 4 heteroatoms. The van der Waals surface area contributed by atoms with Crippen LogP contribution >= 0.6 is 11.3 Å². The molecule has 8 rings (SSSR count). The first kappa shape index (κ1) is 26.1. The number of fused-ring (bicyclic) bond motifs is 7. The lowest BCUT2D eigenvalue weighted by Gasteiger charge is -2.29. The van der Waals surface area contributed by atoms with Crippen LogP contribution in [-0.2, 0) is 13.5 Å². The van der Waals surface area contributed by atoms with Crippen molar-refractivity contribution in [3.05, 3.63) is 132 Å². The number of aromatic nitrogens is 2. The number of benzene rings is 3. The molecule has 3 aromatic carbocycles. The van der Waals surface area contributed by atoms with Gasteiger partial charge in [-0.3, -0.25) is 0 Å². The number of aryl methyl sites for hydroxylation is 4. The van der Waals surface area contributed by atoms with Crippen molar-refractivity contribution in [2.75, 3.05) is 0 Å². The van der Waals surface area contributed by atoms with Crippen molar-refractivity contribution in [2.45, 2.75) is 38.6 Å². The molecule has 3 nitrogen and oxygen atoms in total. The van der Waals surface area contributed by atoms with Crippen LogP contribution in [0.15, 0.2) is 114 Å². The number of thiophene rings is 1. The van der Waals surface area contributed by atoms with E-state index in [0.29, 0.717) is 5.92 Å². The van der Waals surface area contributed by atoms with Crippen LogP contribution in [-0.4, -0.2) is 0 Å². The third-order valence-corrected chi connectivity index (χ3v) is 10.2. The van der Waals surface area contributed by atoms with Gasteiger partial charge in [0.25, 0.3) is 0 Å². The van der Waals surface area contributed by atoms with E-state index in [4.69, 9.17) is 4.42 Å². The molecule has 0 amide bonds. The fourth-order valence-corrected chi connectivity index (χ4v) is 8.09. The van der Waals surface area contributed by atoms with Crippen molar-refractivity contribution in [1.29, 1.82) is 0 Å². The Kier molecular flexibility index (Phi) is 6.09. The first-order chi connectivity index (χ1) is 21.0.